The predicted octanol–water partition coefficient (Wildman–Crippen LogP) is 4.06. The number of alkyl halides is 1. The van der Waals surface area contributed by atoms with Crippen molar-refractivity contribution in [3.8, 4) is 11.1 Å². The molecule has 0 atom stereocenters. The van der Waals surface area contributed by atoms with Gasteiger partial charge in [0, 0.05) is 10.9 Å². The first-order chi connectivity index (χ1) is 7.85. The van der Waals surface area contributed by atoms with E-state index in [9.17, 15) is 4.79 Å². The van der Waals surface area contributed by atoms with Crippen molar-refractivity contribution in [2.45, 2.75) is 5.33 Å². The molecule has 2 rings (SSSR count). The van der Waals surface area contributed by atoms with Gasteiger partial charge in [-0.05, 0) is 22.8 Å². The summed E-state index contributed by atoms with van der Waals surface area (Å²) in [4.78, 5) is 10.7. The van der Waals surface area contributed by atoms with Crippen LogP contribution in [0.4, 0.5) is 0 Å². The SMILES string of the molecule is O=Cc1ccc(-c2ccccc2)c(CBr)c1. The first-order valence-corrected chi connectivity index (χ1v) is 6.17. The van der Waals surface area contributed by atoms with Crippen molar-refractivity contribution in [2.75, 3.05) is 0 Å². The zero-order chi connectivity index (χ0) is 11.4. The average molecular weight is 275 g/mol. The van der Waals surface area contributed by atoms with E-state index < -0.39 is 0 Å². The van der Waals surface area contributed by atoms with E-state index >= 15 is 0 Å². The second-order valence-corrected chi connectivity index (χ2v) is 4.09. The molecule has 2 heteroatoms. The lowest BCUT2D eigenvalue weighted by Crippen LogP contribution is -1.89. The zero-order valence-corrected chi connectivity index (χ0v) is 10.3. The van der Waals surface area contributed by atoms with Crippen LogP contribution >= 0.6 is 15.9 Å². The standard InChI is InChI=1S/C14H11BrO/c15-9-13-8-11(10-16)6-7-14(13)12-4-2-1-3-5-12/h1-8,10H,9H2. The molecule has 0 amide bonds. The number of halogens is 1. The molecule has 0 spiro atoms. The highest BCUT2D eigenvalue weighted by molar-refractivity contribution is 9.08. The third-order valence-corrected chi connectivity index (χ3v) is 3.10. The molecule has 0 aliphatic rings. The number of aldehydes is 1. The van der Waals surface area contributed by atoms with Crippen LogP contribution in [0.15, 0.2) is 48.5 Å². The molecule has 0 aliphatic carbocycles. The molecule has 2 aromatic rings. The Kier molecular flexibility index (Phi) is 3.52. The first kappa shape index (κ1) is 11.1. The monoisotopic (exact) mass is 274 g/mol. The maximum absolute atomic E-state index is 10.7. The first-order valence-electron chi connectivity index (χ1n) is 5.04. The van der Waals surface area contributed by atoms with E-state index in [4.69, 9.17) is 0 Å². The van der Waals surface area contributed by atoms with Crippen LogP contribution < -0.4 is 0 Å². The second kappa shape index (κ2) is 5.08. The van der Waals surface area contributed by atoms with Gasteiger partial charge in [0.1, 0.15) is 6.29 Å². The molecule has 16 heavy (non-hydrogen) atoms. The summed E-state index contributed by atoms with van der Waals surface area (Å²) in [7, 11) is 0. The Morgan fingerprint density at radius 2 is 1.81 bits per heavy atom. The van der Waals surface area contributed by atoms with Crippen molar-refractivity contribution < 1.29 is 4.79 Å². The zero-order valence-electron chi connectivity index (χ0n) is 8.69. The molecule has 0 heterocycles. The van der Waals surface area contributed by atoms with E-state index in [2.05, 4.69) is 28.1 Å². The minimum Gasteiger partial charge on any atom is -0.298 e. The number of carbonyl (C=O) groups excluding carboxylic acids is 1. The quantitative estimate of drug-likeness (QED) is 0.609. The largest absolute Gasteiger partial charge is 0.298 e. The van der Waals surface area contributed by atoms with Gasteiger partial charge in [0.15, 0.2) is 0 Å². The molecular formula is C14H11BrO. The molecular weight excluding hydrogens is 264 g/mol. The van der Waals surface area contributed by atoms with Gasteiger partial charge < -0.3 is 0 Å². The maximum Gasteiger partial charge on any atom is 0.150 e. The third-order valence-electron chi connectivity index (χ3n) is 2.49. The van der Waals surface area contributed by atoms with Crippen LogP contribution in [-0.2, 0) is 5.33 Å². The highest BCUT2D eigenvalue weighted by Gasteiger charge is 2.04. The molecule has 2 aromatic carbocycles. The Balaban J connectivity index is 2.53. The predicted molar refractivity (Wildman–Crippen MR) is 69.9 cm³/mol. The van der Waals surface area contributed by atoms with Crippen LogP contribution in [-0.4, -0.2) is 6.29 Å². The van der Waals surface area contributed by atoms with E-state index in [1.165, 1.54) is 11.1 Å². The summed E-state index contributed by atoms with van der Waals surface area (Å²) in [5.74, 6) is 0. The van der Waals surface area contributed by atoms with Gasteiger partial charge in [-0.25, -0.2) is 0 Å². The van der Waals surface area contributed by atoms with Gasteiger partial charge in [0.25, 0.3) is 0 Å². The molecule has 0 unspecified atom stereocenters. The molecule has 80 valence electrons. The van der Waals surface area contributed by atoms with E-state index in [-0.39, 0.29) is 0 Å². The van der Waals surface area contributed by atoms with E-state index in [1.807, 2.05) is 36.4 Å². The van der Waals surface area contributed by atoms with Crippen LogP contribution in [0.5, 0.6) is 0 Å². The molecule has 0 N–H and O–H groups in total. The summed E-state index contributed by atoms with van der Waals surface area (Å²) in [5.41, 5.74) is 4.20. The van der Waals surface area contributed by atoms with Crippen LogP contribution in [0.3, 0.4) is 0 Å². The molecule has 0 bridgehead atoms. The highest BCUT2D eigenvalue weighted by Crippen LogP contribution is 2.25. The number of benzene rings is 2. The van der Waals surface area contributed by atoms with Crippen LogP contribution in [0.1, 0.15) is 15.9 Å². The summed E-state index contributed by atoms with van der Waals surface area (Å²) >= 11 is 3.45. The van der Waals surface area contributed by atoms with E-state index in [1.54, 1.807) is 0 Å². The van der Waals surface area contributed by atoms with Gasteiger partial charge in [0.2, 0.25) is 0 Å². The number of hydrogen-bond acceptors (Lipinski definition) is 1. The summed E-state index contributed by atoms with van der Waals surface area (Å²) in [6.07, 6.45) is 0.876. The fourth-order valence-electron chi connectivity index (χ4n) is 1.70. The Morgan fingerprint density at radius 3 is 2.44 bits per heavy atom. The van der Waals surface area contributed by atoms with Crippen molar-refractivity contribution in [3.63, 3.8) is 0 Å². The van der Waals surface area contributed by atoms with Crippen molar-refractivity contribution in [2.24, 2.45) is 0 Å². The molecule has 1 nitrogen and oxygen atoms in total. The van der Waals surface area contributed by atoms with Gasteiger partial charge in [-0.1, -0.05) is 58.4 Å². The van der Waals surface area contributed by atoms with E-state index in [0.717, 1.165) is 17.2 Å². The fourth-order valence-corrected chi connectivity index (χ4v) is 2.16. The van der Waals surface area contributed by atoms with Crippen LogP contribution in [0, 0.1) is 0 Å². The molecule has 0 aliphatic heterocycles. The second-order valence-electron chi connectivity index (χ2n) is 3.53. The van der Waals surface area contributed by atoms with Crippen molar-refractivity contribution in [3.05, 3.63) is 59.7 Å². The number of hydrogen-bond donors (Lipinski definition) is 0. The number of carbonyl (C=O) groups is 1. The number of rotatable bonds is 3. The van der Waals surface area contributed by atoms with E-state index in [0.29, 0.717) is 5.56 Å². The van der Waals surface area contributed by atoms with Crippen molar-refractivity contribution in [1.29, 1.82) is 0 Å². The van der Waals surface area contributed by atoms with Crippen LogP contribution in [0.2, 0.25) is 0 Å². The van der Waals surface area contributed by atoms with Crippen molar-refractivity contribution in [1.82, 2.24) is 0 Å². The van der Waals surface area contributed by atoms with Gasteiger partial charge in [-0.3, -0.25) is 4.79 Å². The molecule has 0 aromatic heterocycles. The third kappa shape index (κ3) is 2.22. The van der Waals surface area contributed by atoms with Gasteiger partial charge in [-0.2, -0.15) is 0 Å². The maximum atomic E-state index is 10.7. The smallest absolute Gasteiger partial charge is 0.150 e. The Hall–Kier alpha value is -1.41. The summed E-state index contributed by atoms with van der Waals surface area (Å²) in [6.45, 7) is 0. The van der Waals surface area contributed by atoms with Gasteiger partial charge >= 0.3 is 0 Å². The van der Waals surface area contributed by atoms with Gasteiger partial charge in [-0.15, -0.1) is 0 Å². The lowest BCUT2D eigenvalue weighted by atomic mass is 9.99. The lowest BCUT2D eigenvalue weighted by molar-refractivity contribution is 0.112. The summed E-state index contributed by atoms with van der Waals surface area (Å²) in [6, 6.07) is 15.9. The topological polar surface area (TPSA) is 17.1 Å². The minimum absolute atomic E-state index is 0.717. The minimum atomic E-state index is 0.717. The molecule has 0 fully saturated rings. The Morgan fingerprint density at radius 1 is 1.06 bits per heavy atom. The highest BCUT2D eigenvalue weighted by atomic mass is 79.9. The molecule has 0 saturated carbocycles. The summed E-state index contributed by atoms with van der Waals surface area (Å²) in [5, 5.41) is 0.749. The molecule has 0 radical (unpaired) electrons. The summed E-state index contributed by atoms with van der Waals surface area (Å²) < 4.78 is 0. The average Bonchev–Trinajstić information content (AvgIpc) is 2.39. The lowest BCUT2D eigenvalue weighted by Gasteiger charge is -2.07. The Labute approximate surface area is 103 Å². The normalized spacial score (nSPS) is 10.1. The molecule has 0 saturated heterocycles. The van der Waals surface area contributed by atoms with Crippen LogP contribution in [0.25, 0.3) is 11.1 Å². The fraction of sp³-hybridized carbons (Fsp3) is 0.0714. The Bertz CT molecular complexity index is 491. The van der Waals surface area contributed by atoms with Gasteiger partial charge in [0.05, 0.1) is 0 Å². The van der Waals surface area contributed by atoms with Crippen molar-refractivity contribution >= 4 is 22.2 Å².